The number of methoxy groups -OCH3 is 1. The van der Waals surface area contributed by atoms with Crippen LogP contribution in [0.5, 0.6) is 11.5 Å². The zero-order valence-corrected chi connectivity index (χ0v) is 17.8. The molecule has 3 heterocycles. The smallest absolute Gasteiger partial charge is 0.255 e. The van der Waals surface area contributed by atoms with Crippen LogP contribution in [-0.2, 0) is 16.1 Å². The number of primary amides is 1. The Balaban J connectivity index is 1.44. The van der Waals surface area contributed by atoms with Crippen molar-refractivity contribution >= 4 is 5.91 Å². The normalized spacial score (nSPS) is 16.5. The maximum atomic E-state index is 11.0. The van der Waals surface area contributed by atoms with Gasteiger partial charge in [-0.25, -0.2) is 15.0 Å². The molecular formula is C23H25N5O4. The number of aromatic nitrogens is 3. The third-order valence-electron chi connectivity index (χ3n) is 5.11. The molecule has 1 amide bonds. The second-order valence-electron chi connectivity index (χ2n) is 7.41. The second-order valence-corrected chi connectivity index (χ2v) is 7.41. The van der Waals surface area contributed by atoms with E-state index in [0.717, 1.165) is 35.6 Å². The van der Waals surface area contributed by atoms with Gasteiger partial charge in [0.1, 0.15) is 12.4 Å². The molecule has 2 aromatic heterocycles. The number of benzene rings is 1. The van der Waals surface area contributed by atoms with Crippen molar-refractivity contribution in [2.75, 3.05) is 33.4 Å². The molecular weight excluding hydrogens is 410 g/mol. The number of hydrogen-bond donors (Lipinski definition) is 1. The van der Waals surface area contributed by atoms with Crippen LogP contribution < -0.4 is 15.2 Å². The molecule has 0 radical (unpaired) electrons. The number of nitrogens with two attached hydrogens (primary N) is 1. The molecule has 0 bridgehead atoms. The first-order valence-corrected chi connectivity index (χ1v) is 10.3. The van der Waals surface area contributed by atoms with Gasteiger partial charge in [-0.3, -0.25) is 9.69 Å². The lowest BCUT2D eigenvalue weighted by molar-refractivity contribution is -0.119. The van der Waals surface area contributed by atoms with Gasteiger partial charge in [-0.1, -0.05) is 12.1 Å². The van der Waals surface area contributed by atoms with E-state index in [4.69, 9.17) is 24.9 Å². The predicted octanol–water partition coefficient (Wildman–Crippen LogP) is 1.98. The van der Waals surface area contributed by atoms with Gasteiger partial charge in [0.05, 0.1) is 25.1 Å². The lowest BCUT2D eigenvalue weighted by Crippen LogP contribution is -2.38. The van der Waals surface area contributed by atoms with Crippen molar-refractivity contribution in [1.82, 2.24) is 19.9 Å². The molecule has 3 aromatic rings. The number of rotatable bonds is 8. The minimum atomic E-state index is -0.534. The van der Waals surface area contributed by atoms with E-state index in [9.17, 15) is 4.79 Å². The van der Waals surface area contributed by atoms with E-state index in [1.54, 1.807) is 25.6 Å². The van der Waals surface area contributed by atoms with E-state index >= 15 is 0 Å². The number of carbonyl (C=O) groups excluding carboxylic acids is 1. The molecule has 1 saturated heterocycles. The van der Waals surface area contributed by atoms with Gasteiger partial charge < -0.3 is 19.9 Å². The van der Waals surface area contributed by atoms with E-state index in [1.165, 1.54) is 6.33 Å². The summed E-state index contributed by atoms with van der Waals surface area (Å²) < 4.78 is 16.8. The summed E-state index contributed by atoms with van der Waals surface area (Å²) in [6.45, 7) is 2.66. The zero-order valence-electron chi connectivity index (χ0n) is 17.8. The highest BCUT2D eigenvalue weighted by Gasteiger charge is 2.24. The number of ether oxygens (including phenoxy) is 3. The van der Waals surface area contributed by atoms with Crippen molar-refractivity contribution in [3.8, 4) is 22.8 Å². The van der Waals surface area contributed by atoms with E-state index in [2.05, 4.69) is 14.9 Å². The summed E-state index contributed by atoms with van der Waals surface area (Å²) in [4.78, 5) is 26.2. The highest BCUT2D eigenvalue weighted by molar-refractivity contribution is 5.75. The number of amides is 1. The highest BCUT2D eigenvalue weighted by atomic mass is 16.5. The molecule has 1 atom stereocenters. The Kier molecular flexibility index (Phi) is 6.88. The summed E-state index contributed by atoms with van der Waals surface area (Å²) in [7, 11) is 1.57. The first-order chi connectivity index (χ1) is 15.6. The van der Waals surface area contributed by atoms with Crippen LogP contribution in [0.1, 0.15) is 17.4 Å². The van der Waals surface area contributed by atoms with Crippen molar-refractivity contribution < 1.29 is 19.0 Å². The molecule has 0 saturated carbocycles. The van der Waals surface area contributed by atoms with Crippen LogP contribution in [0.3, 0.4) is 0 Å². The number of hydrogen-bond acceptors (Lipinski definition) is 8. The van der Waals surface area contributed by atoms with Gasteiger partial charge in [0.2, 0.25) is 0 Å². The maximum Gasteiger partial charge on any atom is 0.255 e. The molecule has 166 valence electrons. The fraction of sp³-hybridized carbons (Fsp3) is 0.304. The third kappa shape index (κ3) is 5.37. The van der Waals surface area contributed by atoms with Crippen molar-refractivity contribution in [2.45, 2.75) is 12.6 Å². The van der Waals surface area contributed by atoms with Crippen LogP contribution in [0.25, 0.3) is 11.3 Å². The third-order valence-corrected chi connectivity index (χ3v) is 5.11. The van der Waals surface area contributed by atoms with Crippen molar-refractivity contribution in [2.24, 2.45) is 5.73 Å². The molecule has 1 aliphatic heterocycles. The molecule has 4 rings (SSSR count). The van der Waals surface area contributed by atoms with E-state index in [-0.39, 0.29) is 12.7 Å². The quantitative estimate of drug-likeness (QED) is 0.572. The van der Waals surface area contributed by atoms with Gasteiger partial charge in [0.25, 0.3) is 5.91 Å². The predicted molar refractivity (Wildman–Crippen MR) is 117 cm³/mol. The van der Waals surface area contributed by atoms with Crippen LogP contribution in [0, 0.1) is 0 Å². The van der Waals surface area contributed by atoms with Gasteiger partial charge in [-0.05, 0) is 29.8 Å². The van der Waals surface area contributed by atoms with Gasteiger partial charge in [-0.2, -0.15) is 0 Å². The SMILES string of the molecule is COc1cc(CN2CCOC(c3cccc(-c4cncnc4)n3)C2)ccc1OCC(N)=O. The largest absolute Gasteiger partial charge is 0.493 e. The summed E-state index contributed by atoms with van der Waals surface area (Å²) >= 11 is 0. The molecule has 0 spiro atoms. The lowest BCUT2D eigenvalue weighted by Gasteiger charge is -2.32. The molecule has 9 heteroatoms. The van der Waals surface area contributed by atoms with Crippen LogP contribution in [0.2, 0.25) is 0 Å². The van der Waals surface area contributed by atoms with Crippen molar-refractivity contribution in [1.29, 1.82) is 0 Å². The standard InChI is InChI=1S/C23H25N5O4/c1-30-21-9-16(5-6-20(21)32-14-23(24)29)12-28-7-8-31-22(13-28)19-4-2-3-18(27-19)17-10-25-15-26-11-17/h2-6,9-11,15,22H,7-8,12-14H2,1H3,(H2,24,29). The fourth-order valence-electron chi connectivity index (χ4n) is 3.58. The topological polar surface area (TPSA) is 113 Å². The van der Waals surface area contributed by atoms with E-state index in [1.807, 2.05) is 30.3 Å². The Labute approximate surface area is 186 Å². The van der Waals surface area contributed by atoms with Crippen LogP contribution in [-0.4, -0.2) is 59.2 Å². The van der Waals surface area contributed by atoms with E-state index < -0.39 is 5.91 Å². The molecule has 9 nitrogen and oxygen atoms in total. The minimum absolute atomic E-state index is 0.131. The lowest BCUT2D eigenvalue weighted by atomic mass is 10.1. The molecule has 1 aliphatic rings. The minimum Gasteiger partial charge on any atom is -0.493 e. The highest BCUT2D eigenvalue weighted by Crippen LogP contribution is 2.30. The fourth-order valence-corrected chi connectivity index (χ4v) is 3.58. The van der Waals surface area contributed by atoms with Crippen molar-refractivity contribution in [3.05, 3.63) is 66.4 Å². The average molecular weight is 435 g/mol. The summed E-state index contributed by atoms with van der Waals surface area (Å²) in [5.74, 6) is 0.516. The molecule has 32 heavy (non-hydrogen) atoms. The zero-order chi connectivity index (χ0) is 22.3. The van der Waals surface area contributed by atoms with Gasteiger partial charge in [0, 0.05) is 37.6 Å². The Morgan fingerprint density at radius 3 is 2.84 bits per heavy atom. The summed E-state index contributed by atoms with van der Waals surface area (Å²) in [5, 5.41) is 0. The number of morpholine rings is 1. The molecule has 1 fully saturated rings. The Hall–Kier alpha value is -3.56. The van der Waals surface area contributed by atoms with Gasteiger partial charge in [-0.15, -0.1) is 0 Å². The second kappa shape index (κ2) is 10.2. The molecule has 1 unspecified atom stereocenters. The molecule has 2 N–H and O–H groups in total. The molecule has 1 aromatic carbocycles. The monoisotopic (exact) mass is 435 g/mol. The summed E-state index contributed by atoms with van der Waals surface area (Å²) in [6, 6.07) is 11.6. The number of carbonyl (C=O) groups is 1. The number of pyridine rings is 1. The van der Waals surface area contributed by atoms with Gasteiger partial charge >= 0.3 is 0 Å². The summed E-state index contributed by atoms with van der Waals surface area (Å²) in [6.07, 6.45) is 4.86. The van der Waals surface area contributed by atoms with Crippen LogP contribution in [0.4, 0.5) is 0 Å². The Bertz CT molecular complexity index is 1060. The average Bonchev–Trinajstić information content (AvgIpc) is 2.84. The van der Waals surface area contributed by atoms with Crippen molar-refractivity contribution in [3.63, 3.8) is 0 Å². The van der Waals surface area contributed by atoms with E-state index in [0.29, 0.717) is 24.7 Å². The van der Waals surface area contributed by atoms with Crippen LogP contribution >= 0.6 is 0 Å². The Morgan fingerprint density at radius 1 is 1.22 bits per heavy atom. The van der Waals surface area contributed by atoms with Gasteiger partial charge in [0.15, 0.2) is 18.1 Å². The Morgan fingerprint density at radius 2 is 2.06 bits per heavy atom. The molecule has 0 aliphatic carbocycles. The first-order valence-electron chi connectivity index (χ1n) is 10.3. The number of nitrogens with zero attached hydrogens (tertiary/aromatic N) is 4. The van der Waals surface area contributed by atoms with Crippen LogP contribution in [0.15, 0.2) is 55.1 Å². The first kappa shape index (κ1) is 21.7. The summed E-state index contributed by atoms with van der Waals surface area (Å²) in [5.41, 5.74) is 8.79. The maximum absolute atomic E-state index is 11.0.